The molecule has 118 valence electrons. The van der Waals surface area contributed by atoms with Crippen LogP contribution in [0, 0.1) is 0 Å². The summed E-state index contributed by atoms with van der Waals surface area (Å²) in [6, 6.07) is 19.2. The van der Waals surface area contributed by atoms with Gasteiger partial charge in [0.1, 0.15) is 0 Å². The third kappa shape index (κ3) is 2.97. The largest absolute Gasteiger partial charge is 0.387 e. The number of aliphatic hydroxyl groups excluding tert-OH is 1. The first kappa shape index (κ1) is 14.7. The molecular formula is C21H23NO. The summed E-state index contributed by atoms with van der Waals surface area (Å²) in [6.45, 7) is 2.99. The van der Waals surface area contributed by atoms with Gasteiger partial charge in [0.05, 0.1) is 6.10 Å². The summed E-state index contributed by atoms with van der Waals surface area (Å²) in [6.07, 6.45) is 3.45. The molecule has 1 N–H and O–H groups in total. The highest BCUT2D eigenvalue weighted by Gasteiger charge is 2.16. The number of aliphatic hydroxyl groups is 1. The summed E-state index contributed by atoms with van der Waals surface area (Å²) in [5, 5.41) is 15.6. The normalized spacial score (nSPS) is 17.6. The average molecular weight is 305 g/mol. The standard InChI is InChI=1S/C21H23NO/c23-21(15-22-12-4-1-5-13-22)18-10-11-20-17(14-18)9-8-16-6-2-3-7-19(16)20/h2-3,6-11,14,21,23H,1,4-5,12-13,15H2/t21-/m0/s1. The van der Waals surface area contributed by atoms with E-state index in [9.17, 15) is 5.11 Å². The molecule has 1 aliphatic heterocycles. The maximum atomic E-state index is 10.6. The van der Waals surface area contributed by atoms with Gasteiger partial charge in [-0.15, -0.1) is 0 Å². The molecule has 3 aromatic carbocycles. The molecule has 23 heavy (non-hydrogen) atoms. The SMILES string of the molecule is O[C@@H](CN1CCCCC1)c1ccc2c(ccc3ccccc32)c1. The summed E-state index contributed by atoms with van der Waals surface area (Å²) in [5.41, 5.74) is 1.03. The summed E-state index contributed by atoms with van der Waals surface area (Å²) < 4.78 is 0. The van der Waals surface area contributed by atoms with Crippen molar-refractivity contribution in [3.05, 3.63) is 60.2 Å². The van der Waals surface area contributed by atoms with Crippen LogP contribution in [0.3, 0.4) is 0 Å². The summed E-state index contributed by atoms with van der Waals surface area (Å²) in [7, 11) is 0. The van der Waals surface area contributed by atoms with E-state index in [0.29, 0.717) is 0 Å². The average Bonchev–Trinajstić information content (AvgIpc) is 2.62. The number of β-amino-alcohol motifs (C(OH)–C–C–N with tert-alkyl or cyclic N) is 1. The first-order valence-electron chi connectivity index (χ1n) is 8.63. The highest BCUT2D eigenvalue weighted by atomic mass is 16.3. The van der Waals surface area contributed by atoms with Gasteiger partial charge in [-0.2, -0.15) is 0 Å². The minimum Gasteiger partial charge on any atom is -0.387 e. The van der Waals surface area contributed by atoms with Crippen molar-refractivity contribution in [1.29, 1.82) is 0 Å². The van der Waals surface area contributed by atoms with Gasteiger partial charge in [-0.05, 0) is 59.1 Å². The lowest BCUT2D eigenvalue weighted by molar-refractivity contribution is 0.102. The molecular weight excluding hydrogens is 282 g/mol. The van der Waals surface area contributed by atoms with Gasteiger partial charge in [0.2, 0.25) is 0 Å². The molecule has 0 unspecified atom stereocenters. The minimum absolute atomic E-state index is 0.399. The molecule has 2 heteroatoms. The Morgan fingerprint density at radius 1 is 0.826 bits per heavy atom. The summed E-state index contributed by atoms with van der Waals surface area (Å²) in [4.78, 5) is 2.39. The lowest BCUT2D eigenvalue weighted by Gasteiger charge is -2.28. The molecule has 0 aliphatic carbocycles. The molecule has 0 bridgehead atoms. The monoisotopic (exact) mass is 305 g/mol. The van der Waals surface area contributed by atoms with E-state index in [0.717, 1.165) is 25.2 Å². The van der Waals surface area contributed by atoms with E-state index in [4.69, 9.17) is 0 Å². The Morgan fingerprint density at radius 2 is 1.57 bits per heavy atom. The Hall–Kier alpha value is -1.90. The maximum absolute atomic E-state index is 10.6. The van der Waals surface area contributed by atoms with E-state index in [2.05, 4.69) is 59.5 Å². The van der Waals surface area contributed by atoms with Gasteiger partial charge < -0.3 is 10.0 Å². The van der Waals surface area contributed by atoms with Crippen molar-refractivity contribution in [3.8, 4) is 0 Å². The molecule has 1 saturated heterocycles. The minimum atomic E-state index is -0.399. The van der Waals surface area contributed by atoms with Crippen LogP contribution in [0.5, 0.6) is 0 Å². The molecule has 2 nitrogen and oxygen atoms in total. The molecule has 0 aromatic heterocycles. The first-order chi connectivity index (χ1) is 11.3. The fraction of sp³-hybridized carbons (Fsp3) is 0.333. The molecule has 0 amide bonds. The van der Waals surface area contributed by atoms with Crippen LogP contribution in [0.1, 0.15) is 30.9 Å². The molecule has 1 heterocycles. The Kier molecular flexibility index (Phi) is 4.02. The second kappa shape index (κ2) is 6.31. The number of benzene rings is 3. The van der Waals surface area contributed by atoms with E-state index in [-0.39, 0.29) is 0 Å². The zero-order valence-electron chi connectivity index (χ0n) is 13.4. The third-order valence-corrected chi connectivity index (χ3v) is 5.03. The van der Waals surface area contributed by atoms with E-state index in [1.807, 2.05) is 0 Å². The van der Waals surface area contributed by atoms with Crippen LogP contribution in [0.15, 0.2) is 54.6 Å². The van der Waals surface area contributed by atoms with Crippen molar-refractivity contribution in [1.82, 2.24) is 4.90 Å². The fourth-order valence-electron chi connectivity index (χ4n) is 3.73. The van der Waals surface area contributed by atoms with E-state index >= 15 is 0 Å². The Balaban J connectivity index is 1.64. The molecule has 3 aromatic rings. The zero-order chi connectivity index (χ0) is 15.6. The van der Waals surface area contributed by atoms with Gasteiger partial charge in [-0.3, -0.25) is 0 Å². The van der Waals surface area contributed by atoms with E-state index in [1.54, 1.807) is 0 Å². The molecule has 0 radical (unpaired) electrons. The highest BCUT2D eigenvalue weighted by molar-refractivity contribution is 6.07. The smallest absolute Gasteiger partial charge is 0.0917 e. The van der Waals surface area contributed by atoms with E-state index in [1.165, 1.54) is 40.8 Å². The zero-order valence-corrected chi connectivity index (χ0v) is 13.4. The predicted molar refractivity (Wildman–Crippen MR) is 96.7 cm³/mol. The van der Waals surface area contributed by atoms with Gasteiger partial charge in [-0.25, -0.2) is 0 Å². The first-order valence-corrected chi connectivity index (χ1v) is 8.63. The molecule has 1 aliphatic rings. The number of fused-ring (bicyclic) bond motifs is 3. The second-order valence-corrected chi connectivity index (χ2v) is 6.64. The van der Waals surface area contributed by atoms with Gasteiger partial charge in [-0.1, -0.05) is 55.0 Å². The van der Waals surface area contributed by atoms with Crippen molar-refractivity contribution in [2.45, 2.75) is 25.4 Å². The topological polar surface area (TPSA) is 23.5 Å². The van der Waals surface area contributed by atoms with Crippen molar-refractivity contribution in [2.75, 3.05) is 19.6 Å². The van der Waals surface area contributed by atoms with Gasteiger partial charge in [0.15, 0.2) is 0 Å². The predicted octanol–water partition coefficient (Wildman–Crippen LogP) is 4.51. The Morgan fingerprint density at radius 3 is 2.43 bits per heavy atom. The maximum Gasteiger partial charge on any atom is 0.0917 e. The van der Waals surface area contributed by atoms with Crippen LogP contribution in [-0.4, -0.2) is 29.6 Å². The second-order valence-electron chi connectivity index (χ2n) is 6.64. The summed E-state index contributed by atoms with van der Waals surface area (Å²) >= 11 is 0. The molecule has 0 spiro atoms. The molecule has 1 fully saturated rings. The number of hydrogen-bond acceptors (Lipinski definition) is 2. The van der Waals surface area contributed by atoms with Crippen LogP contribution in [0.4, 0.5) is 0 Å². The lowest BCUT2D eigenvalue weighted by Crippen LogP contribution is -2.33. The van der Waals surface area contributed by atoms with Crippen LogP contribution in [0.25, 0.3) is 21.5 Å². The lowest BCUT2D eigenvalue weighted by atomic mass is 9.98. The molecule has 4 rings (SSSR count). The quantitative estimate of drug-likeness (QED) is 0.720. The molecule has 0 saturated carbocycles. The van der Waals surface area contributed by atoms with Crippen LogP contribution in [-0.2, 0) is 0 Å². The van der Waals surface area contributed by atoms with Crippen LogP contribution >= 0.6 is 0 Å². The number of likely N-dealkylation sites (tertiary alicyclic amines) is 1. The van der Waals surface area contributed by atoms with Crippen molar-refractivity contribution >= 4 is 21.5 Å². The number of rotatable bonds is 3. The molecule has 1 atom stereocenters. The number of hydrogen-bond donors (Lipinski definition) is 1. The summed E-state index contributed by atoms with van der Waals surface area (Å²) in [5.74, 6) is 0. The fourth-order valence-corrected chi connectivity index (χ4v) is 3.73. The van der Waals surface area contributed by atoms with Gasteiger partial charge >= 0.3 is 0 Å². The third-order valence-electron chi connectivity index (χ3n) is 5.03. The highest BCUT2D eigenvalue weighted by Crippen LogP contribution is 2.28. The van der Waals surface area contributed by atoms with Crippen molar-refractivity contribution in [2.24, 2.45) is 0 Å². The Labute approximate surface area is 137 Å². The van der Waals surface area contributed by atoms with Gasteiger partial charge in [0, 0.05) is 6.54 Å². The van der Waals surface area contributed by atoms with Crippen LogP contribution < -0.4 is 0 Å². The van der Waals surface area contributed by atoms with Crippen molar-refractivity contribution < 1.29 is 5.11 Å². The Bertz CT molecular complexity index is 820. The van der Waals surface area contributed by atoms with Crippen LogP contribution in [0.2, 0.25) is 0 Å². The van der Waals surface area contributed by atoms with Gasteiger partial charge in [0.25, 0.3) is 0 Å². The van der Waals surface area contributed by atoms with Crippen molar-refractivity contribution in [3.63, 3.8) is 0 Å². The number of piperidine rings is 1. The van der Waals surface area contributed by atoms with E-state index < -0.39 is 6.10 Å². The number of nitrogens with zero attached hydrogens (tertiary/aromatic N) is 1.